The van der Waals surface area contributed by atoms with Crippen LogP contribution in [0.25, 0.3) is 0 Å². The Kier molecular flexibility index (Phi) is 11.4. The normalized spacial score (nSPS) is 15.3. The highest BCUT2D eigenvalue weighted by atomic mass is 127. The molecular weight excluding hydrogens is 517 g/mol. The first-order chi connectivity index (χ1) is 13.8. The molecule has 0 amide bonds. The Hall–Kier alpha value is -1.07. The van der Waals surface area contributed by atoms with Gasteiger partial charge in [0.05, 0.1) is 18.9 Å². The van der Waals surface area contributed by atoms with Gasteiger partial charge in [-0.3, -0.25) is 0 Å². The first kappa shape index (κ1) is 27.0. The van der Waals surface area contributed by atoms with Crippen LogP contribution in [0.5, 0.6) is 5.75 Å². The van der Waals surface area contributed by atoms with Crippen molar-refractivity contribution in [2.45, 2.75) is 40.2 Å². The minimum atomic E-state index is -2.98. The maximum atomic E-state index is 11.7. The van der Waals surface area contributed by atoms with Gasteiger partial charge in [0.25, 0.3) is 0 Å². The monoisotopic (exact) mass is 553 g/mol. The van der Waals surface area contributed by atoms with Crippen molar-refractivity contribution in [3.05, 3.63) is 29.3 Å². The molecule has 9 heteroatoms. The predicted octanol–water partition coefficient (Wildman–Crippen LogP) is 2.91. The summed E-state index contributed by atoms with van der Waals surface area (Å²) in [5.74, 6) is 1.73. The smallest absolute Gasteiger partial charge is 0.191 e. The zero-order chi connectivity index (χ0) is 21.3. The highest BCUT2D eigenvalue weighted by Gasteiger charge is 2.45. The largest absolute Gasteiger partial charge is 0.491 e. The third-order valence-electron chi connectivity index (χ3n) is 4.82. The van der Waals surface area contributed by atoms with Crippen molar-refractivity contribution in [3.8, 4) is 5.75 Å². The lowest BCUT2D eigenvalue weighted by Gasteiger charge is -2.18. The van der Waals surface area contributed by atoms with Crippen molar-refractivity contribution in [3.63, 3.8) is 0 Å². The van der Waals surface area contributed by atoms with Crippen molar-refractivity contribution in [2.75, 3.05) is 44.9 Å². The number of guanidine groups is 1. The fourth-order valence-electron chi connectivity index (χ4n) is 3.16. The van der Waals surface area contributed by atoms with E-state index in [9.17, 15) is 8.42 Å². The number of rotatable bonds is 12. The van der Waals surface area contributed by atoms with Gasteiger partial charge in [-0.2, -0.15) is 0 Å². The number of sulfone groups is 1. The maximum Gasteiger partial charge on any atom is 0.191 e. The first-order valence-corrected chi connectivity index (χ1v) is 12.3. The molecule has 0 heterocycles. The number of halogens is 1. The molecular formula is C21H36IN3O4S. The summed E-state index contributed by atoms with van der Waals surface area (Å²) >= 11 is 0. The number of aryl methyl sites for hydroxylation is 1. The van der Waals surface area contributed by atoms with Crippen molar-refractivity contribution < 1.29 is 17.9 Å². The quantitative estimate of drug-likeness (QED) is 0.179. The first-order valence-electron chi connectivity index (χ1n) is 10.3. The molecule has 0 aliphatic heterocycles. The summed E-state index contributed by atoms with van der Waals surface area (Å²) in [5.41, 5.74) is 1.98. The summed E-state index contributed by atoms with van der Waals surface area (Å²) in [7, 11) is -2.98. The summed E-state index contributed by atoms with van der Waals surface area (Å²) < 4.78 is 34.6. The van der Waals surface area contributed by atoms with Crippen LogP contribution in [0.1, 0.15) is 37.8 Å². The molecule has 1 fully saturated rings. The molecule has 0 atom stereocenters. The minimum Gasteiger partial charge on any atom is -0.491 e. The van der Waals surface area contributed by atoms with Gasteiger partial charge in [0.15, 0.2) is 5.96 Å². The van der Waals surface area contributed by atoms with E-state index >= 15 is 0 Å². The number of hydrogen-bond acceptors (Lipinski definition) is 5. The van der Waals surface area contributed by atoms with Crippen LogP contribution in [0, 0.1) is 12.3 Å². The Bertz CT molecular complexity index is 795. The molecule has 1 aliphatic rings. The second-order valence-corrected chi connectivity index (χ2v) is 9.92. The lowest BCUT2D eigenvalue weighted by atomic mass is 10.1. The summed E-state index contributed by atoms with van der Waals surface area (Å²) in [6, 6.07) is 6.10. The molecule has 30 heavy (non-hydrogen) atoms. The molecule has 172 valence electrons. The molecule has 1 aliphatic carbocycles. The van der Waals surface area contributed by atoms with E-state index in [-0.39, 0.29) is 35.1 Å². The van der Waals surface area contributed by atoms with Crippen molar-refractivity contribution >= 4 is 39.8 Å². The fraction of sp³-hybridized carbons (Fsp3) is 0.667. The molecule has 0 unspecified atom stereocenters. The van der Waals surface area contributed by atoms with Gasteiger partial charge < -0.3 is 20.1 Å². The van der Waals surface area contributed by atoms with E-state index in [1.165, 1.54) is 6.26 Å². The maximum absolute atomic E-state index is 11.7. The molecule has 2 N–H and O–H groups in total. The van der Waals surface area contributed by atoms with E-state index in [1.54, 1.807) is 0 Å². The molecule has 1 saturated carbocycles. The lowest BCUT2D eigenvalue weighted by molar-refractivity contribution is 0.110. The topological polar surface area (TPSA) is 89.0 Å². The molecule has 0 aromatic heterocycles. The molecule has 7 nitrogen and oxygen atoms in total. The number of nitrogens with zero attached hydrogens (tertiary/aromatic N) is 1. The van der Waals surface area contributed by atoms with Crippen LogP contribution in [0.3, 0.4) is 0 Å². The van der Waals surface area contributed by atoms with Crippen LogP contribution in [-0.2, 0) is 21.1 Å². The SMILES string of the molecule is CCNC(=NCc1ccc(C)cc1OCCOCC)NCC1(CS(C)(=O)=O)CC1.I. The van der Waals surface area contributed by atoms with E-state index in [0.29, 0.717) is 38.9 Å². The Morgan fingerprint density at radius 3 is 2.53 bits per heavy atom. The number of nitrogens with one attached hydrogen (secondary N) is 2. The summed E-state index contributed by atoms with van der Waals surface area (Å²) in [4.78, 5) is 4.68. The molecule has 0 spiro atoms. The Balaban J connectivity index is 0.00000450. The zero-order valence-electron chi connectivity index (χ0n) is 18.5. The van der Waals surface area contributed by atoms with Gasteiger partial charge in [-0.15, -0.1) is 24.0 Å². The third-order valence-corrected chi connectivity index (χ3v) is 5.96. The predicted molar refractivity (Wildman–Crippen MR) is 133 cm³/mol. The number of hydrogen-bond donors (Lipinski definition) is 2. The Morgan fingerprint density at radius 1 is 1.20 bits per heavy atom. The van der Waals surface area contributed by atoms with E-state index in [1.807, 2.05) is 39.0 Å². The molecule has 0 radical (unpaired) electrons. The molecule has 1 aromatic rings. The van der Waals surface area contributed by atoms with Crippen LogP contribution < -0.4 is 15.4 Å². The van der Waals surface area contributed by atoms with Gasteiger partial charge in [0.1, 0.15) is 22.2 Å². The van der Waals surface area contributed by atoms with Crippen LogP contribution in [0.15, 0.2) is 23.2 Å². The highest BCUT2D eigenvalue weighted by molar-refractivity contribution is 14.0. The molecule has 1 aromatic carbocycles. The average molecular weight is 554 g/mol. The molecule has 0 bridgehead atoms. The van der Waals surface area contributed by atoms with Gasteiger partial charge in [-0.05, 0) is 45.2 Å². The van der Waals surface area contributed by atoms with Crippen LogP contribution in [0.2, 0.25) is 0 Å². The Labute approximate surface area is 198 Å². The standard InChI is InChI=1S/C21H35N3O4S.HI/c1-5-22-20(24-15-21(9-10-21)16-29(4,25)26)23-14-18-8-7-17(3)13-19(18)28-12-11-27-6-2;/h7-8,13H,5-6,9-12,14-16H2,1-4H3,(H2,22,23,24);1H. The van der Waals surface area contributed by atoms with Crippen molar-refractivity contribution in [1.82, 2.24) is 10.6 Å². The third kappa shape index (κ3) is 9.82. The molecule has 2 rings (SSSR count). The fourth-order valence-corrected chi connectivity index (χ4v) is 4.67. The van der Waals surface area contributed by atoms with Gasteiger partial charge in [-0.25, -0.2) is 13.4 Å². The second-order valence-electron chi connectivity index (χ2n) is 7.78. The average Bonchev–Trinajstić information content (AvgIpc) is 3.40. The number of ether oxygens (including phenoxy) is 2. The van der Waals surface area contributed by atoms with Gasteiger partial charge in [0.2, 0.25) is 0 Å². The van der Waals surface area contributed by atoms with E-state index in [0.717, 1.165) is 36.3 Å². The Morgan fingerprint density at radius 2 is 1.93 bits per heavy atom. The van der Waals surface area contributed by atoms with Crippen LogP contribution >= 0.6 is 24.0 Å². The lowest BCUT2D eigenvalue weighted by Crippen LogP contribution is -2.41. The minimum absolute atomic E-state index is 0. The van der Waals surface area contributed by atoms with E-state index in [4.69, 9.17) is 9.47 Å². The van der Waals surface area contributed by atoms with E-state index in [2.05, 4.69) is 15.6 Å². The van der Waals surface area contributed by atoms with Crippen molar-refractivity contribution in [1.29, 1.82) is 0 Å². The summed E-state index contributed by atoms with van der Waals surface area (Å²) in [6.45, 7) is 9.54. The summed E-state index contributed by atoms with van der Waals surface area (Å²) in [5, 5.41) is 6.56. The highest BCUT2D eigenvalue weighted by Crippen LogP contribution is 2.46. The number of benzene rings is 1. The van der Waals surface area contributed by atoms with Crippen LogP contribution in [-0.4, -0.2) is 59.3 Å². The van der Waals surface area contributed by atoms with Crippen molar-refractivity contribution in [2.24, 2.45) is 10.4 Å². The zero-order valence-corrected chi connectivity index (χ0v) is 21.6. The van der Waals surface area contributed by atoms with Gasteiger partial charge >= 0.3 is 0 Å². The van der Waals surface area contributed by atoms with E-state index < -0.39 is 9.84 Å². The van der Waals surface area contributed by atoms with Gasteiger partial charge in [0, 0.05) is 36.9 Å². The van der Waals surface area contributed by atoms with Gasteiger partial charge in [-0.1, -0.05) is 12.1 Å². The van der Waals surface area contributed by atoms with Crippen LogP contribution in [0.4, 0.5) is 0 Å². The number of aliphatic imine (C=N–C) groups is 1. The molecule has 0 saturated heterocycles. The second kappa shape index (κ2) is 12.7. The summed E-state index contributed by atoms with van der Waals surface area (Å²) in [6.07, 6.45) is 3.17.